The Labute approximate surface area is 113 Å². The Morgan fingerprint density at radius 3 is 2.79 bits per heavy atom. The van der Waals surface area contributed by atoms with Crippen LogP contribution in [0.4, 0.5) is 0 Å². The van der Waals surface area contributed by atoms with E-state index in [4.69, 9.17) is 4.74 Å². The van der Waals surface area contributed by atoms with E-state index in [-0.39, 0.29) is 18.4 Å². The lowest BCUT2D eigenvalue weighted by atomic mass is 9.88. The molecule has 1 aliphatic carbocycles. The van der Waals surface area contributed by atoms with Crippen molar-refractivity contribution in [2.45, 2.75) is 25.7 Å². The highest BCUT2D eigenvalue weighted by atomic mass is 16.5. The van der Waals surface area contributed by atoms with E-state index in [1.54, 1.807) is 6.08 Å². The molecule has 1 fully saturated rings. The topological polar surface area (TPSA) is 43.4 Å². The van der Waals surface area contributed by atoms with Crippen molar-refractivity contribution in [1.29, 1.82) is 0 Å². The fraction of sp³-hybridized carbons (Fsp3) is 0.375. The van der Waals surface area contributed by atoms with Gasteiger partial charge in [-0.3, -0.25) is 9.59 Å². The van der Waals surface area contributed by atoms with Gasteiger partial charge in [-0.25, -0.2) is 0 Å². The molecule has 0 amide bonds. The van der Waals surface area contributed by atoms with Gasteiger partial charge in [0.15, 0.2) is 0 Å². The smallest absolute Gasteiger partial charge is 0.316 e. The van der Waals surface area contributed by atoms with Crippen molar-refractivity contribution in [3.63, 3.8) is 0 Å². The number of hydrogen-bond donors (Lipinski definition) is 0. The van der Waals surface area contributed by atoms with Crippen molar-refractivity contribution >= 4 is 17.8 Å². The van der Waals surface area contributed by atoms with Crippen LogP contribution in [0.3, 0.4) is 0 Å². The molecule has 0 aliphatic heterocycles. The number of rotatable bonds is 4. The molecule has 0 bridgehead atoms. The molecule has 1 aromatic rings. The van der Waals surface area contributed by atoms with Crippen molar-refractivity contribution in [2.24, 2.45) is 5.92 Å². The molecule has 0 heterocycles. The van der Waals surface area contributed by atoms with E-state index in [9.17, 15) is 9.59 Å². The number of benzene rings is 1. The maximum Gasteiger partial charge on any atom is 0.316 e. The van der Waals surface area contributed by atoms with E-state index in [0.29, 0.717) is 12.8 Å². The number of Topliss-reactive ketones (excluding diaryl/α,β-unsaturated/α-hetero) is 1. The number of carbonyl (C=O) groups excluding carboxylic acids is 2. The van der Waals surface area contributed by atoms with E-state index in [0.717, 1.165) is 18.4 Å². The summed E-state index contributed by atoms with van der Waals surface area (Å²) in [6, 6.07) is 9.80. The molecule has 2 rings (SSSR count). The molecule has 3 heteroatoms. The maximum atomic E-state index is 11.7. The van der Waals surface area contributed by atoms with E-state index >= 15 is 0 Å². The minimum atomic E-state index is -0.529. The number of ketones is 1. The summed E-state index contributed by atoms with van der Waals surface area (Å²) < 4.78 is 5.13. The Morgan fingerprint density at radius 1 is 1.26 bits per heavy atom. The Hall–Kier alpha value is -1.90. The summed E-state index contributed by atoms with van der Waals surface area (Å²) in [6.07, 6.45) is 6.68. The summed E-state index contributed by atoms with van der Waals surface area (Å²) >= 11 is 0. The monoisotopic (exact) mass is 258 g/mol. The molecule has 0 radical (unpaired) electrons. The Kier molecular flexibility index (Phi) is 4.90. The first-order chi connectivity index (χ1) is 9.27. The normalized spacial score (nSPS) is 19.6. The zero-order chi connectivity index (χ0) is 13.5. The van der Waals surface area contributed by atoms with E-state index in [1.165, 1.54) is 0 Å². The highest BCUT2D eigenvalue weighted by Gasteiger charge is 2.29. The second kappa shape index (κ2) is 6.88. The standard InChI is InChI=1S/C16H18O3/c17-15-11-5-4-10-14(15)16(18)19-12-6-9-13-7-2-1-3-8-13/h1-3,6-9,14H,4-5,10-12H2/b9-6+. The lowest BCUT2D eigenvalue weighted by Gasteiger charge is -2.18. The van der Waals surface area contributed by atoms with Crippen molar-refractivity contribution in [2.75, 3.05) is 6.61 Å². The first kappa shape index (κ1) is 13.5. The average Bonchev–Trinajstić information content (AvgIpc) is 2.45. The van der Waals surface area contributed by atoms with Crippen molar-refractivity contribution in [3.05, 3.63) is 42.0 Å². The van der Waals surface area contributed by atoms with Crippen LogP contribution in [0.25, 0.3) is 6.08 Å². The van der Waals surface area contributed by atoms with Gasteiger partial charge in [0, 0.05) is 6.42 Å². The summed E-state index contributed by atoms with van der Waals surface area (Å²) in [7, 11) is 0. The van der Waals surface area contributed by atoms with Crippen LogP contribution in [0.1, 0.15) is 31.2 Å². The first-order valence-electron chi connectivity index (χ1n) is 6.68. The third kappa shape index (κ3) is 4.05. The largest absolute Gasteiger partial charge is 0.461 e. The van der Waals surface area contributed by atoms with Crippen LogP contribution in [0.5, 0.6) is 0 Å². The van der Waals surface area contributed by atoms with E-state index in [2.05, 4.69) is 0 Å². The number of esters is 1. The van der Waals surface area contributed by atoms with Gasteiger partial charge in [-0.2, -0.15) is 0 Å². The zero-order valence-electron chi connectivity index (χ0n) is 10.9. The molecule has 0 N–H and O–H groups in total. The van der Waals surface area contributed by atoms with Gasteiger partial charge in [0.05, 0.1) is 0 Å². The molecule has 100 valence electrons. The third-order valence-electron chi connectivity index (χ3n) is 3.27. The second-order valence-corrected chi connectivity index (χ2v) is 4.71. The van der Waals surface area contributed by atoms with Gasteiger partial charge in [0.25, 0.3) is 0 Å². The van der Waals surface area contributed by atoms with Crippen LogP contribution in [-0.2, 0) is 14.3 Å². The second-order valence-electron chi connectivity index (χ2n) is 4.71. The number of carbonyl (C=O) groups is 2. The van der Waals surface area contributed by atoms with Crippen molar-refractivity contribution in [3.8, 4) is 0 Å². The molecule has 1 saturated carbocycles. The minimum absolute atomic E-state index is 0.0308. The van der Waals surface area contributed by atoms with Crippen LogP contribution in [0.15, 0.2) is 36.4 Å². The van der Waals surface area contributed by atoms with E-state index in [1.807, 2.05) is 36.4 Å². The van der Waals surface area contributed by atoms with Gasteiger partial charge < -0.3 is 4.74 Å². The van der Waals surface area contributed by atoms with Crippen LogP contribution >= 0.6 is 0 Å². The molecule has 19 heavy (non-hydrogen) atoms. The Morgan fingerprint density at radius 2 is 2.05 bits per heavy atom. The lowest BCUT2D eigenvalue weighted by Crippen LogP contribution is -2.28. The summed E-state index contributed by atoms with van der Waals surface area (Å²) in [4.78, 5) is 23.3. The van der Waals surface area contributed by atoms with Gasteiger partial charge in [0.1, 0.15) is 18.3 Å². The van der Waals surface area contributed by atoms with E-state index < -0.39 is 5.92 Å². The quantitative estimate of drug-likeness (QED) is 0.616. The van der Waals surface area contributed by atoms with Gasteiger partial charge in [-0.1, -0.05) is 42.8 Å². The van der Waals surface area contributed by atoms with Gasteiger partial charge in [-0.15, -0.1) is 0 Å². The Bertz CT molecular complexity index is 462. The Balaban J connectivity index is 1.77. The lowest BCUT2D eigenvalue weighted by molar-refractivity contribution is -0.152. The van der Waals surface area contributed by atoms with Gasteiger partial charge >= 0.3 is 5.97 Å². The third-order valence-corrected chi connectivity index (χ3v) is 3.27. The van der Waals surface area contributed by atoms with Crippen LogP contribution < -0.4 is 0 Å². The van der Waals surface area contributed by atoms with Crippen LogP contribution in [0, 0.1) is 5.92 Å². The number of ether oxygens (including phenoxy) is 1. The molecule has 1 aliphatic rings. The van der Waals surface area contributed by atoms with Gasteiger partial charge in [0.2, 0.25) is 0 Å². The SMILES string of the molecule is O=C1CCCCC1C(=O)OC/C=C/c1ccccc1. The molecule has 1 aromatic carbocycles. The molecule has 3 nitrogen and oxygen atoms in total. The maximum absolute atomic E-state index is 11.7. The first-order valence-corrected chi connectivity index (χ1v) is 6.68. The van der Waals surface area contributed by atoms with Crippen LogP contribution in [0.2, 0.25) is 0 Å². The predicted molar refractivity (Wildman–Crippen MR) is 73.4 cm³/mol. The fourth-order valence-electron chi connectivity index (χ4n) is 2.21. The fourth-order valence-corrected chi connectivity index (χ4v) is 2.21. The molecular weight excluding hydrogens is 240 g/mol. The molecule has 0 spiro atoms. The summed E-state index contributed by atoms with van der Waals surface area (Å²) in [5.74, 6) is -0.871. The number of hydrogen-bond acceptors (Lipinski definition) is 3. The molecule has 1 atom stereocenters. The average molecular weight is 258 g/mol. The minimum Gasteiger partial charge on any atom is -0.461 e. The van der Waals surface area contributed by atoms with Crippen LogP contribution in [-0.4, -0.2) is 18.4 Å². The zero-order valence-corrected chi connectivity index (χ0v) is 10.9. The molecular formula is C16H18O3. The summed E-state index contributed by atoms with van der Waals surface area (Å²) in [6.45, 7) is 0.220. The molecule has 0 saturated heterocycles. The molecule has 1 unspecified atom stereocenters. The van der Waals surface area contributed by atoms with Crippen molar-refractivity contribution < 1.29 is 14.3 Å². The predicted octanol–water partition coefficient (Wildman–Crippen LogP) is 3.00. The summed E-state index contributed by atoms with van der Waals surface area (Å²) in [5.41, 5.74) is 1.06. The highest BCUT2D eigenvalue weighted by Crippen LogP contribution is 2.21. The summed E-state index contributed by atoms with van der Waals surface area (Å²) in [5, 5.41) is 0. The van der Waals surface area contributed by atoms with Gasteiger partial charge in [-0.05, 0) is 24.5 Å². The van der Waals surface area contributed by atoms with Crippen molar-refractivity contribution in [1.82, 2.24) is 0 Å². The molecule has 0 aromatic heterocycles. The highest BCUT2D eigenvalue weighted by molar-refractivity contribution is 5.99.